The number of benzene rings is 2. The van der Waals surface area contributed by atoms with E-state index in [4.69, 9.17) is 14.7 Å². The number of nitrogens with zero attached hydrogens (tertiary/aromatic N) is 7. The number of hydrogen-bond acceptors (Lipinski definition) is 11. The van der Waals surface area contributed by atoms with Crippen molar-refractivity contribution in [3.05, 3.63) is 95.5 Å². The Morgan fingerprint density at radius 3 is 2.38 bits per heavy atom. The summed E-state index contributed by atoms with van der Waals surface area (Å²) in [6.07, 6.45) is 11.5. The van der Waals surface area contributed by atoms with E-state index in [0.29, 0.717) is 18.1 Å². The molecule has 3 aliphatic rings. The molecule has 1 aliphatic carbocycles. The molecule has 1 unspecified atom stereocenters. The Balaban J connectivity index is 0.943. The summed E-state index contributed by atoms with van der Waals surface area (Å²) >= 11 is 1.64. The highest BCUT2D eigenvalue weighted by atomic mass is 32.2. The van der Waals surface area contributed by atoms with Crippen LogP contribution >= 0.6 is 11.8 Å². The van der Waals surface area contributed by atoms with Gasteiger partial charge >= 0.3 is 5.97 Å². The number of fused-ring (bicyclic) bond motifs is 1. The number of rotatable bonds is 11. The lowest BCUT2D eigenvalue weighted by Gasteiger charge is -2.38. The van der Waals surface area contributed by atoms with E-state index >= 15 is 0 Å². The predicted molar refractivity (Wildman–Crippen MR) is 209 cm³/mol. The highest BCUT2D eigenvalue weighted by molar-refractivity contribution is 7.99. The first kappa shape index (κ1) is 35.9. The lowest BCUT2D eigenvalue weighted by Crippen LogP contribution is -2.51. The molecule has 4 aromatic rings. The molecule has 2 aromatic heterocycles. The third kappa shape index (κ3) is 8.58. The fourth-order valence-electron chi connectivity index (χ4n) is 7.37. The van der Waals surface area contributed by atoms with Crippen LogP contribution in [-0.4, -0.2) is 83.0 Å². The maximum atomic E-state index is 12.0. The quantitative estimate of drug-likeness (QED) is 0.157. The van der Waals surface area contributed by atoms with E-state index in [1.807, 2.05) is 18.5 Å². The van der Waals surface area contributed by atoms with Gasteiger partial charge in [-0.25, -0.2) is 14.8 Å². The molecule has 0 amide bonds. The molecule has 11 heteroatoms. The standard InChI is InChI=1S/C41H50N8O2S/c1-5-8-35(44-32-9-7-10-34(26-32)52-39-28-42-38(27-43-39)48-17-15-41(3,4)16-18-48)30-12-11-29-24-33(25-31(29)23-30)47-19-21-49(22-20-47)37-14-13-36(45-46-37)40(50)51-6-2/h7-14,23,26-28,33,44H,5-6,15-22,24-25H2,1-4H3/b35-8-. The van der Waals surface area contributed by atoms with Crippen molar-refractivity contribution in [2.75, 3.05) is 61.0 Å². The minimum atomic E-state index is -0.433. The zero-order valence-corrected chi connectivity index (χ0v) is 31.7. The topological polar surface area (TPSA) is 99.6 Å². The van der Waals surface area contributed by atoms with Crippen molar-refractivity contribution in [2.24, 2.45) is 5.41 Å². The molecule has 2 aliphatic heterocycles. The second-order valence-electron chi connectivity index (χ2n) is 14.7. The van der Waals surface area contributed by atoms with Gasteiger partial charge in [0, 0.05) is 61.6 Å². The van der Waals surface area contributed by atoms with Crippen LogP contribution in [0.4, 0.5) is 17.3 Å². The Bertz CT molecular complexity index is 1860. The molecular weight excluding hydrogens is 669 g/mol. The maximum Gasteiger partial charge on any atom is 0.358 e. The molecule has 2 saturated heterocycles. The highest BCUT2D eigenvalue weighted by Crippen LogP contribution is 2.34. The Labute approximate surface area is 312 Å². The van der Waals surface area contributed by atoms with Crippen LogP contribution in [0.25, 0.3) is 5.70 Å². The summed E-state index contributed by atoms with van der Waals surface area (Å²) < 4.78 is 5.04. The van der Waals surface area contributed by atoms with Crippen molar-refractivity contribution in [3.63, 3.8) is 0 Å². The van der Waals surface area contributed by atoms with Gasteiger partial charge in [0.2, 0.25) is 0 Å². The van der Waals surface area contributed by atoms with Crippen LogP contribution in [0.2, 0.25) is 0 Å². The van der Waals surface area contributed by atoms with E-state index in [2.05, 4.69) is 99.5 Å². The van der Waals surface area contributed by atoms with Crippen molar-refractivity contribution < 1.29 is 9.53 Å². The van der Waals surface area contributed by atoms with Gasteiger partial charge in [0.05, 0.1) is 19.0 Å². The van der Waals surface area contributed by atoms with Crippen LogP contribution in [0.5, 0.6) is 0 Å². The smallest absolute Gasteiger partial charge is 0.358 e. The number of carbonyl (C=O) groups is 1. The average molecular weight is 719 g/mol. The molecule has 7 rings (SSSR count). The second kappa shape index (κ2) is 16.0. The van der Waals surface area contributed by atoms with Crippen LogP contribution in [0.1, 0.15) is 74.1 Å². The SMILES string of the molecule is CC/C=C(\Nc1cccc(Sc2cnc(N3CCC(C)(C)CC3)cn2)c1)c1ccc2c(c1)CC(N1CCN(c3ccc(C(=O)OCC)nn3)CC1)C2. The van der Waals surface area contributed by atoms with E-state index in [9.17, 15) is 4.79 Å². The number of esters is 1. The summed E-state index contributed by atoms with van der Waals surface area (Å²) in [6.45, 7) is 14.8. The number of hydrogen-bond donors (Lipinski definition) is 1. The number of aromatic nitrogens is 4. The number of ether oxygens (including phenoxy) is 1. The third-order valence-electron chi connectivity index (χ3n) is 10.5. The molecule has 2 fully saturated rings. The first-order valence-corrected chi connectivity index (χ1v) is 19.5. The van der Waals surface area contributed by atoms with Gasteiger partial charge in [-0.15, -0.1) is 10.2 Å². The summed E-state index contributed by atoms with van der Waals surface area (Å²) in [7, 11) is 0. The lowest BCUT2D eigenvalue weighted by molar-refractivity contribution is 0.0518. The van der Waals surface area contributed by atoms with Crippen molar-refractivity contribution >= 4 is 40.8 Å². The summed E-state index contributed by atoms with van der Waals surface area (Å²) in [6, 6.07) is 19.6. The minimum Gasteiger partial charge on any atom is -0.461 e. The van der Waals surface area contributed by atoms with Crippen LogP contribution in [0.3, 0.4) is 0 Å². The molecule has 0 saturated carbocycles. The zero-order chi connectivity index (χ0) is 36.1. The number of piperidine rings is 1. The monoisotopic (exact) mass is 718 g/mol. The number of anilines is 3. The average Bonchev–Trinajstić information content (AvgIpc) is 3.59. The summed E-state index contributed by atoms with van der Waals surface area (Å²) in [5.74, 6) is 1.34. The van der Waals surface area contributed by atoms with Crippen LogP contribution < -0.4 is 15.1 Å². The normalized spacial score (nSPS) is 19.0. The molecule has 1 N–H and O–H groups in total. The Morgan fingerprint density at radius 2 is 1.67 bits per heavy atom. The van der Waals surface area contributed by atoms with Crippen LogP contribution in [-0.2, 0) is 17.6 Å². The molecule has 0 spiro atoms. The molecule has 0 bridgehead atoms. The van der Waals surface area contributed by atoms with Crippen LogP contribution in [0.15, 0.2) is 83.0 Å². The predicted octanol–water partition coefficient (Wildman–Crippen LogP) is 7.37. The van der Waals surface area contributed by atoms with E-state index in [1.54, 1.807) is 24.8 Å². The third-order valence-corrected chi connectivity index (χ3v) is 11.4. The largest absolute Gasteiger partial charge is 0.461 e. The number of piperazine rings is 1. The molecule has 1 atom stereocenters. The molecule has 10 nitrogen and oxygen atoms in total. The fraction of sp³-hybridized carbons (Fsp3) is 0.439. The zero-order valence-electron chi connectivity index (χ0n) is 30.8. The van der Waals surface area contributed by atoms with Gasteiger partial charge in [-0.1, -0.05) is 56.8 Å². The molecule has 52 heavy (non-hydrogen) atoms. The second-order valence-corrected chi connectivity index (χ2v) is 15.8. The van der Waals surface area contributed by atoms with E-state index in [0.717, 1.165) is 91.5 Å². The fourth-order valence-corrected chi connectivity index (χ4v) is 8.15. The Morgan fingerprint density at radius 1 is 0.885 bits per heavy atom. The first-order chi connectivity index (χ1) is 25.3. The van der Waals surface area contributed by atoms with Gasteiger partial charge in [-0.3, -0.25) is 4.90 Å². The highest BCUT2D eigenvalue weighted by Gasteiger charge is 2.30. The summed E-state index contributed by atoms with van der Waals surface area (Å²) in [5.41, 5.74) is 6.95. The molecule has 4 heterocycles. The molecule has 0 radical (unpaired) electrons. The summed E-state index contributed by atoms with van der Waals surface area (Å²) in [4.78, 5) is 29.8. The minimum absolute atomic E-state index is 0.247. The number of allylic oxidation sites excluding steroid dienone is 1. The van der Waals surface area contributed by atoms with Crippen molar-refractivity contribution in [2.45, 2.75) is 75.8 Å². The van der Waals surface area contributed by atoms with Crippen molar-refractivity contribution in [3.8, 4) is 0 Å². The molecular formula is C41H50N8O2S. The molecule has 272 valence electrons. The van der Waals surface area contributed by atoms with Crippen molar-refractivity contribution in [1.82, 2.24) is 25.1 Å². The first-order valence-electron chi connectivity index (χ1n) is 18.7. The van der Waals surface area contributed by atoms with Gasteiger partial charge in [0.15, 0.2) is 11.5 Å². The van der Waals surface area contributed by atoms with E-state index in [1.165, 1.54) is 29.5 Å². The Hall–Kier alpha value is -4.48. The van der Waals surface area contributed by atoms with Gasteiger partial charge in [0.1, 0.15) is 10.8 Å². The van der Waals surface area contributed by atoms with Crippen molar-refractivity contribution in [1.29, 1.82) is 0 Å². The van der Waals surface area contributed by atoms with Crippen LogP contribution in [0, 0.1) is 5.41 Å². The lowest BCUT2D eigenvalue weighted by atomic mass is 9.83. The maximum absolute atomic E-state index is 12.0. The number of carbonyl (C=O) groups excluding carboxylic acids is 1. The Kier molecular flexibility index (Phi) is 11.1. The van der Waals surface area contributed by atoms with E-state index < -0.39 is 5.97 Å². The summed E-state index contributed by atoms with van der Waals surface area (Å²) in [5, 5.41) is 13.0. The van der Waals surface area contributed by atoms with E-state index in [-0.39, 0.29) is 5.69 Å². The molecule has 2 aromatic carbocycles. The number of nitrogens with one attached hydrogen (secondary N) is 1. The van der Waals surface area contributed by atoms with Gasteiger partial charge in [-0.2, -0.15) is 0 Å². The van der Waals surface area contributed by atoms with Gasteiger partial charge < -0.3 is 19.9 Å². The van der Waals surface area contributed by atoms with Gasteiger partial charge in [0.25, 0.3) is 0 Å². The van der Waals surface area contributed by atoms with Gasteiger partial charge in [-0.05, 0) is 97.5 Å².